The number of para-hydroxylation sites is 1. The van der Waals surface area contributed by atoms with E-state index in [0.717, 1.165) is 0 Å². The molecule has 0 radical (unpaired) electrons. The van der Waals surface area contributed by atoms with Crippen LogP contribution in [-0.4, -0.2) is 23.8 Å². The molecule has 0 unspecified atom stereocenters. The third-order valence-corrected chi connectivity index (χ3v) is 3.83. The molecule has 0 heterocycles. The Kier molecular flexibility index (Phi) is 6.49. The normalized spacial score (nSPS) is 11.5. The molecular weight excluding hydrogens is 330 g/mol. The third-order valence-electron chi connectivity index (χ3n) is 3.83. The van der Waals surface area contributed by atoms with Crippen molar-refractivity contribution < 1.29 is 14.4 Å². The highest BCUT2D eigenvalue weighted by Crippen LogP contribution is 2.13. The predicted molar refractivity (Wildman–Crippen MR) is 102 cm³/mol. The fourth-order valence-corrected chi connectivity index (χ4v) is 2.37. The molecule has 0 aliphatic heterocycles. The quantitative estimate of drug-likeness (QED) is 0.692. The Morgan fingerprint density at radius 2 is 1.38 bits per heavy atom. The summed E-state index contributed by atoms with van der Waals surface area (Å²) in [5.74, 6) is -0.464. The van der Waals surface area contributed by atoms with Crippen molar-refractivity contribution in [1.82, 2.24) is 5.32 Å². The van der Waals surface area contributed by atoms with E-state index in [2.05, 4.69) is 16.0 Å². The van der Waals surface area contributed by atoms with Crippen molar-refractivity contribution in [2.75, 3.05) is 10.6 Å². The van der Waals surface area contributed by atoms with Gasteiger partial charge in [-0.3, -0.25) is 9.59 Å². The highest BCUT2D eigenvalue weighted by atomic mass is 16.2. The SMILES string of the molecule is CC(=O)c1ccc(NC(=O)[C@@H](NC(=O)Nc2ccccc2)C(C)C)cc1. The van der Waals surface area contributed by atoms with Gasteiger partial charge in [0.1, 0.15) is 6.04 Å². The zero-order chi connectivity index (χ0) is 19.1. The number of ketones is 1. The highest BCUT2D eigenvalue weighted by Gasteiger charge is 2.24. The molecule has 0 aromatic heterocycles. The molecule has 2 aromatic carbocycles. The van der Waals surface area contributed by atoms with Gasteiger partial charge in [-0.1, -0.05) is 32.0 Å². The summed E-state index contributed by atoms with van der Waals surface area (Å²) in [6, 6.07) is 14.5. The van der Waals surface area contributed by atoms with Crippen LogP contribution in [-0.2, 0) is 4.79 Å². The topological polar surface area (TPSA) is 87.3 Å². The number of Topliss-reactive ketones (excluding diaryl/α,β-unsaturated/α-hetero) is 1. The Hall–Kier alpha value is -3.15. The van der Waals surface area contributed by atoms with E-state index in [-0.39, 0.29) is 17.6 Å². The van der Waals surface area contributed by atoms with Gasteiger partial charge < -0.3 is 16.0 Å². The summed E-state index contributed by atoms with van der Waals surface area (Å²) in [6.07, 6.45) is 0. The van der Waals surface area contributed by atoms with Crippen molar-refractivity contribution in [3.05, 3.63) is 60.2 Å². The molecular formula is C20H23N3O3. The van der Waals surface area contributed by atoms with Gasteiger partial charge in [0.05, 0.1) is 0 Å². The van der Waals surface area contributed by atoms with Crippen LogP contribution >= 0.6 is 0 Å². The molecule has 0 saturated carbocycles. The molecule has 6 heteroatoms. The van der Waals surface area contributed by atoms with E-state index in [9.17, 15) is 14.4 Å². The molecule has 0 fully saturated rings. The maximum Gasteiger partial charge on any atom is 0.319 e. The van der Waals surface area contributed by atoms with E-state index in [1.54, 1.807) is 36.4 Å². The van der Waals surface area contributed by atoms with Gasteiger partial charge in [-0.05, 0) is 49.2 Å². The number of hydrogen-bond donors (Lipinski definition) is 3. The van der Waals surface area contributed by atoms with Crippen LogP contribution in [0.2, 0.25) is 0 Å². The summed E-state index contributed by atoms with van der Waals surface area (Å²) in [4.78, 5) is 36.0. The molecule has 26 heavy (non-hydrogen) atoms. The molecule has 3 amide bonds. The predicted octanol–water partition coefficient (Wildman–Crippen LogP) is 3.67. The Morgan fingerprint density at radius 1 is 0.808 bits per heavy atom. The number of hydrogen-bond acceptors (Lipinski definition) is 3. The number of carbonyl (C=O) groups excluding carboxylic acids is 3. The molecule has 136 valence electrons. The Labute approximate surface area is 153 Å². The van der Waals surface area contributed by atoms with Crippen LogP contribution in [0.3, 0.4) is 0 Å². The molecule has 0 aliphatic rings. The second-order valence-electron chi connectivity index (χ2n) is 6.31. The van der Waals surface area contributed by atoms with Gasteiger partial charge in [0.2, 0.25) is 5.91 Å². The van der Waals surface area contributed by atoms with E-state index < -0.39 is 12.1 Å². The van der Waals surface area contributed by atoms with Gasteiger partial charge in [-0.2, -0.15) is 0 Å². The summed E-state index contributed by atoms with van der Waals surface area (Å²) in [6.45, 7) is 5.19. The molecule has 0 aliphatic carbocycles. The second-order valence-corrected chi connectivity index (χ2v) is 6.31. The molecule has 2 aromatic rings. The summed E-state index contributed by atoms with van der Waals surface area (Å²) in [7, 11) is 0. The number of amides is 3. The van der Waals surface area contributed by atoms with Crippen LogP contribution in [0.1, 0.15) is 31.1 Å². The summed E-state index contributed by atoms with van der Waals surface area (Å²) in [5.41, 5.74) is 1.78. The van der Waals surface area contributed by atoms with E-state index >= 15 is 0 Å². The van der Waals surface area contributed by atoms with Crippen molar-refractivity contribution in [2.45, 2.75) is 26.8 Å². The Bertz CT molecular complexity index is 771. The van der Waals surface area contributed by atoms with Crippen LogP contribution in [0.15, 0.2) is 54.6 Å². The molecule has 6 nitrogen and oxygen atoms in total. The summed E-state index contributed by atoms with van der Waals surface area (Å²) < 4.78 is 0. The van der Waals surface area contributed by atoms with Gasteiger partial charge in [0.25, 0.3) is 0 Å². The van der Waals surface area contributed by atoms with Gasteiger partial charge in [0.15, 0.2) is 5.78 Å². The first-order chi connectivity index (χ1) is 12.4. The zero-order valence-corrected chi connectivity index (χ0v) is 15.1. The minimum absolute atomic E-state index is 0.0396. The van der Waals surface area contributed by atoms with E-state index in [4.69, 9.17) is 0 Å². The largest absolute Gasteiger partial charge is 0.326 e. The lowest BCUT2D eigenvalue weighted by Gasteiger charge is -2.22. The molecule has 0 spiro atoms. The lowest BCUT2D eigenvalue weighted by Crippen LogP contribution is -2.48. The molecule has 1 atom stereocenters. The van der Waals surface area contributed by atoms with E-state index in [1.165, 1.54) is 6.92 Å². The minimum atomic E-state index is -0.703. The average molecular weight is 353 g/mol. The van der Waals surface area contributed by atoms with Gasteiger partial charge in [-0.25, -0.2) is 4.79 Å². The monoisotopic (exact) mass is 353 g/mol. The molecule has 3 N–H and O–H groups in total. The van der Waals surface area contributed by atoms with Crippen molar-refractivity contribution >= 4 is 29.1 Å². The molecule has 0 saturated heterocycles. The number of nitrogens with one attached hydrogen (secondary N) is 3. The smallest absolute Gasteiger partial charge is 0.319 e. The fraction of sp³-hybridized carbons (Fsp3) is 0.250. The first-order valence-corrected chi connectivity index (χ1v) is 8.41. The number of benzene rings is 2. The third kappa shape index (κ3) is 5.44. The fourth-order valence-electron chi connectivity index (χ4n) is 2.37. The lowest BCUT2D eigenvalue weighted by molar-refractivity contribution is -0.118. The van der Waals surface area contributed by atoms with E-state index in [0.29, 0.717) is 16.9 Å². The standard InChI is InChI=1S/C20H23N3O3/c1-13(2)18(23-20(26)22-16-7-5-4-6-8-16)19(25)21-17-11-9-15(10-12-17)14(3)24/h4-13,18H,1-3H3,(H,21,25)(H2,22,23,26)/t18-/m0/s1. The number of urea groups is 1. The van der Waals surface area contributed by atoms with Crippen molar-refractivity contribution in [2.24, 2.45) is 5.92 Å². The lowest BCUT2D eigenvalue weighted by atomic mass is 10.0. The van der Waals surface area contributed by atoms with Crippen molar-refractivity contribution in [3.8, 4) is 0 Å². The number of carbonyl (C=O) groups is 3. The van der Waals surface area contributed by atoms with Crippen molar-refractivity contribution in [1.29, 1.82) is 0 Å². The Morgan fingerprint density at radius 3 is 1.92 bits per heavy atom. The second kappa shape index (κ2) is 8.80. The molecule has 0 bridgehead atoms. The number of rotatable bonds is 6. The maximum atomic E-state index is 12.5. The maximum absolute atomic E-state index is 12.5. The average Bonchev–Trinajstić information content (AvgIpc) is 2.60. The van der Waals surface area contributed by atoms with Crippen LogP contribution in [0, 0.1) is 5.92 Å². The Balaban J connectivity index is 2.00. The summed E-state index contributed by atoms with van der Waals surface area (Å²) in [5, 5.41) is 8.16. The van der Waals surface area contributed by atoms with Crippen molar-refractivity contribution in [3.63, 3.8) is 0 Å². The van der Waals surface area contributed by atoms with Gasteiger partial charge in [-0.15, -0.1) is 0 Å². The highest BCUT2D eigenvalue weighted by molar-refractivity contribution is 6.00. The van der Waals surface area contributed by atoms with Crippen LogP contribution in [0.25, 0.3) is 0 Å². The van der Waals surface area contributed by atoms with E-state index in [1.807, 2.05) is 32.0 Å². The van der Waals surface area contributed by atoms with Crippen LogP contribution in [0.4, 0.5) is 16.2 Å². The first kappa shape index (κ1) is 19.2. The van der Waals surface area contributed by atoms with Crippen LogP contribution in [0.5, 0.6) is 0 Å². The minimum Gasteiger partial charge on any atom is -0.326 e. The summed E-state index contributed by atoms with van der Waals surface area (Å²) >= 11 is 0. The van der Waals surface area contributed by atoms with Gasteiger partial charge >= 0.3 is 6.03 Å². The van der Waals surface area contributed by atoms with Crippen LogP contribution < -0.4 is 16.0 Å². The first-order valence-electron chi connectivity index (χ1n) is 8.41. The molecule has 2 rings (SSSR count). The zero-order valence-electron chi connectivity index (χ0n) is 15.1. The number of anilines is 2. The van der Waals surface area contributed by atoms with Gasteiger partial charge in [0, 0.05) is 16.9 Å².